The Morgan fingerprint density at radius 3 is 2.40 bits per heavy atom. The van der Waals surface area contributed by atoms with Gasteiger partial charge >= 0.3 is 0 Å². The van der Waals surface area contributed by atoms with Gasteiger partial charge in [0.15, 0.2) is 0 Å². The molecule has 106 valence electrons. The van der Waals surface area contributed by atoms with Crippen molar-refractivity contribution >= 4 is 35.1 Å². The topological polar surface area (TPSA) is 66.0 Å². The summed E-state index contributed by atoms with van der Waals surface area (Å²) in [5.41, 5.74) is 0.466. The van der Waals surface area contributed by atoms with Crippen molar-refractivity contribution in [2.24, 2.45) is 0 Å². The van der Waals surface area contributed by atoms with Crippen LogP contribution in [0.4, 0.5) is 27.9 Å². The Hall–Kier alpha value is -2.15. The van der Waals surface area contributed by atoms with Crippen molar-refractivity contribution in [1.29, 1.82) is 0 Å². The van der Waals surface area contributed by atoms with Gasteiger partial charge in [0.05, 0.1) is 0 Å². The molecule has 0 spiro atoms. The highest BCUT2D eigenvalue weighted by molar-refractivity contribution is 6.30. The van der Waals surface area contributed by atoms with E-state index in [-0.39, 0.29) is 0 Å². The molecule has 0 aliphatic carbocycles. The van der Waals surface area contributed by atoms with Crippen LogP contribution in [0.5, 0.6) is 0 Å². The summed E-state index contributed by atoms with van der Waals surface area (Å²) < 4.78 is 13.3. The van der Waals surface area contributed by atoms with Gasteiger partial charge in [-0.1, -0.05) is 11.6 Å². The molecule has 2 N–H and O–H groups in total. The van der Waals surface area contributed by atoms with E-state index >= 15 is 0 Å². The molecule has 2 aromatic rings. The van der Waals surface area contributed by atoms with Gasteiger partial charge in [-0.2, -0.15) is 15.0 Å². The highest BCUT2D eigenvalue weighted by Gasteiger charge is 2.08. The number of rotatable bonds is 4. The number of benzene rings is 1. The van der Waals surface area contributed by atoms with E-state index in [9.17, 15) is 4.39 Å². The second kappa shape index (κ2) is 5.87. The van der Waals surface area contributed by atoms with Gasteiger partial charge in [0.25, 0.3) is 0 Å². The van der Waals surface area contributed by atoms with Crippen LogP contribution in [0.15, 0.2) is 18.2 Å². The van der Waals surface area contributed by atoms with Gasteiger partial charge in [-0.25, -0.2) is 4.39 Å². The maximum absolute atomic E-state index is 13.3. The fourth-order valence-corrected chi connectivity index (χ4v) is 1.71. The predicted octanol–water partition coefficient (Wildman–Crippen LogP) is 2.52. The minimum atomic E-state index is -0.435. The Balaban J connectivity index is 2.34. The van der Waals surface area contributed by atoms with Crippen LogP contribution in [0, 0.1) is 5.82 Å². The number of aromatic nitrogens is 3. The van der Waals surface area contributed by atoms with Crippen LogP contribution in [-0.4, -0.2) is 36.1 Å². The molecule has 0 radical (unpaired) electrons. The molecule has 0 saturated heterocycles. The third-order valence-corrected chi connectivity index (χ3v) is 2.58. The van der Waals surface area contributed by atoms with E-state index in [1.165, 1.54) is 12.1 Å². The summed E-state index contributed by atoms with van der Waals surface area (Å²) in [6, 6.07) is 4.12. The van der Waals surface area contributed by atoms with Crippen molar-refractivity contribution in [3.05, 3.63) is 29.0 Å². The zero-order valence-corrected chi connectivity index (χ0v) is 12.0. The smallest absolute Gasteiger partial charge is 0.233 e. The molecule has 0 unspecified atom stereocenters. The lowest BCUT2D eigenvalue weighted by Crippen LogP contribution is -2.15. The molecule has 2 rings (SSSR count). The Bertz CT molecular complexity index is 599. The lowest BCUT2D eigenvalue weighted by molar-refractivity contribution is 0.628. The molecule has 0 bridgehead atoms. The molecular formula is C12H14ClFN6. The number of hydrogen-bond acceptors (Lipinski definition) is 6. The van der Waals surface area contributed by atoms with Gasteiger partial charge in [-0.15, -0.1) is 0 Å². The molecule has 0 atom stereocenters. The first kappa shape index (κ1) is 14.3. The molecule has 0 aliphatic rings. The highest BCUT2D eigenvalue weighted by atomic mass is 35.5. The Kier molecular flexibility index (Phi) is 4.19. The summed E-state index contributed by atoms with van der Waals surface area (Å²) in [7, 11) is 5.34. The monoisotopic (exact) mass is 296 g/mol. The van der Waals surface area contributed by atoms with Gasteiger partial charge in [0.2, 0.25) is 17.8 Å². The van der Waals surface area contributed by atoms with Crippen molar-refractivity contribution < 1.29 is 4.39 Å². The van der Waals surface area contributed by atoms with E-state index in [0.29, 0.717) is 28.6 Å². The molecule has 1 aromatic heterocycles. The Labute approximate surface area is 121 Å². The molecular weight excluding hydrogens is 283 g/mol. The van der Waals surface area contributed by atoms with E-state index < -0.39 is 5.82 Å². The van der Waals surface area contributed by atoms with E-state index in [1.54, 1.807) is 18.0 Å². The van der Waals surface area contributed by atoms with E-state index in [2.05, 4.69) is 25.6 Å². The molecule has 0 fully saturated rings. The van der Waals surface area contributed by atoms with Crippen molar-refractivity contribution in [2.75, 3.05) is 36.7 Å². The first-order valence-electron chi connectivity index (χ1n) is 5.82. The normalized spacial score (nSPS) is 10.2. The van der Waals surface area contributed by atoms with Crippen molar-refractivity contribution in [1.82, 2.24) is 15.0 Å². The average Bonchev–Trinajstić information content (AvgIpc) is 2.36. The van der Waals surface area contributed by atoms with Crippen LogP contribution in [0.1, 0.15) is 0 Å². The number of nitrogens with one attached hydrogen (secondary N) is 2. The van der Waals surface area contributed by atoms with E-state index in [0.717, 1.165) is 0 Å². The quantitative estimate of drug-likeness (QED) is 0.904. The van der Waals surface area contributed by atoms with Crippen LogP contribution in [-0.2, 0) is 0 Å². The van der Waals surface area contributed by atoms with Crippen LogP contribution in [0.3, 0.4) is 0 Å². The summed E-state index contributed by atoms with van der Waals surface area (Å²) >= 11 is 5.80. The number of halogens is 2. The molecule has 1 aromatic carbocycles. The lowest BCUT2D eigenvalue weighted by atomic mass is 10.3. The fourth-order valence-electron chi connectivity index (χ4n) is 1.49. The van der Waals surface area contributed by atoms with Crippen molar-refractivity contribution in [2.45, 2.75) is 0 Å². The maximum Gasteiger partial charge on any atom is 0.233 e. The van der Waals surface area contributed by atoms with Crippen LogP contribution < -0.4 is 15.5 Å². The summed E-state index contributed by atoms with van der Waals surface area (Å²) in [6.45, 7) is 0. The van der Waals surface area contributed by atoms with Gasteiger partial charge < -0.3 is 15.5 Å². The van der Waals surface area contributed by atoms with Gasteiger partial charge in [-0.05, 0) is 18.2 Å². The van der Waals surface area contributed by atoms with Crippen molar-refractivity contribution in [3.63, 3.8) is 0 Å². The molecule has 0 saturated carbocycles. The third-order valence-electron chi connectivity index (χ3n) is 2.37. The largest absolute Gasteiger partial charge is 0.357 e. The van der Waals surface area contributed by atoms with Gasteiger partial charge in [0.1, 0.15) is 5.82 Å². The first-order valence-corrected chi connectivity index (χ1v) is 6.20. The van der Waals surface area contributed by atoms with Crippen LogP contribution in [0.2, 0.25) is 5.02 Å². The van der Waals surface area contributed by atoms with Gasteiger partial charge in [0, 0.05) is 31.9 Å². The summed E-state index contributed by atoms with van der Waals surface area (Å²) in [5, 5.41) is 6.04. The number of hydrogen-bond donors (Lipinski definition) is 2. The minimum absolute atomic E-state index is 0.295. The molecule has 0 aliphatic heterocycles. The SMILES string of the molecule is CNc1nc(Nc2cc(F)cc(Cl)c2)nc(N(C)C)n1. The molecule has 0 amide bonds. The maximum atomic E-state index is 13.3. The lowest BCUT2D eigenvalue weighted by Gasteiger charge is -2.13. The highest BCUT2D eigenvalue weighted by Crippen LogP contribution is 2.21. The molecule has 8 heteroatoms. The predicted molar refractivity (Wildman–Crippen MR) is 78.4 cm³/mol. The van der Waals surface area contributed by atoms with E-state index in [1.807, 2.05) is 14.1 Å². The summed E-state index contributed by atoms with van der Waals surface area (Å²) in [6.07, 6.45) is 0. The first-order chi connectivity index (χ1) is 9.47. The zero-order valence-electron chi connectivity index (χ0n) is 11.3. The molecule has 6 nitrogen and oxygen atoms in total. The fraction of sp³-hybridized carbons (Fsp3) is 0.250. The summed E-state index contributed by atoms with van der Waals surface area (Å²) in [5.74, 6) is 0.758. The van der Waals surface area contributed by atoms with Crippen LogP contribution >= 0.6 is 11.6 Å². The number of nitrogens with zero attached hydrogens (tertiary/aromatic N) is 4. The third kappa shape index (κ3) is 3.45. The minimum Gasteiger partial charge on any atom is -0.357 e. The summed E-state index contributed by atoms with van der Waals surface area (Å²) in [4.78, 5) is 14.3. The van der Waals surface area contributed by atoms with E-state index in [4.69, 9.17) is 11.6 Å². The van der Waals surface area contributed by atoms with Crippen LogP contribution in [0.25, 0.3) is 0 Å². The Morgan fingerprint density at radius 1 is 1.10 bits per heavy atom. The van der Waals surface area contributed by atoms with Crippen molar-refractivity contribution in [3.8, 4) is 0 Å². The second-order valence-electron chi connectivity index (χ2n) is 4.21. The molecule has 20 heavy (non-hydrogen) atoms. The average molecular weight is 297 g/mol. The Morgan fingerprint density at radius 2 is 1.80 bits per heavy atom. The second-order valence-corrected chi connectivity index (χ2v) is 4.65. The standard InChI is InChI=1S/C12H14ClFN6/c1-15-10-17-11(19-12(18-10)20(2)3)16-9-5-7(13)4-8(14)6-9/h4-6H,1-3H3,(H2,15,16,17,18,19). The van der Waals surface area contributed by atoms with Gasteiger partial charge in [-0.3, -0.25) is 0 Å². The number of anilines is 4. The molecule has 1 heterocycles. The zero-order chi connectivity index (χ0) is 14.7.